The number of esters is 2. The third-order valence-electron chi connectivity index (χ3n) is 5.03. The molecular formula is C15H20Br2O8. The lowest BCUT2D eigenvalue weighted by atomic mass is 9.77. The van der Waals surface area contributed by atoms with Gasteiger partial charge in [0.05, 0.1) is 13.2 Å². The van der Waals surface area contributed by atoms with Crippen molar-refractivity contribution in [3.8, 4) is 0 Å². The van der Waals surface area contributed by atoms with Crippen molar-refractivity contribution in [3.05, 3.63) is 0 Å². The highest BCUT2D eigenvalue weighted by atomic mass is 79.9. The van der Waals surface area contributed by atoms with Gasteiger partial charge in [-0.05, 0) is 0 Å². The molecule has 142 valence electrons. The summed E-state index contributed by atoms with van der Waals surface area (Å²) in [6.45, 7) is 2.22. The van der Waals surface area contributed by atoms with Crippen LogP contribution in [0.5, 0.6) is 0 Å². The molecule has 8 nitrogen and oxygen atoms in total. The minimum atomic E-state index is -1.61. The van der Waals surface area contributed by atoms with E-state index in [1.807, 2.05) is 0 Å². The second kappa shape index (κ2) is 6.88. The van der Waals surface area contributed by atoms with Gasteiger partial charge >= 0.3 is 11.9 Å². The number of aliphatic hydroxyl groups excluding tert-OH is 1. The first-order valence-electron chi connectivity index (χ1n) is 7.51. The van der Waals surface area contributed by atoms with E-state index in [0.29, 0.717) is 0 Å². The van der Waals surface area contributed by atoms with Gasteiger partial charge in [0.2, 0.25) is 5.79 Å². The zero-order valence-electron chi connectivity index (χ0n) is 14.2. The number of halogens is 2. The molecule has 2 saturated carbocycles. The van der Waals surface area contributed by atoms with Crippen molar-refractivity contribution in [3.63, 3.8) is 0 Å². The minimum absolute atomic E-state index is 0.126. The molecule has 0 radical (unpaired) electrons. The van der Waals surface area contributed by atoms with Gasteiger partial charge in [0, 0.05) is 39.9 Å². The predicted octanol–water partition coefficient (Wildman–Crippen LogP) is 0.559. The molecule has 0 aromatic carbocycles. The highest BCUT2D eigenvalue weighted by molar-refractivity contribution is 9.11. The number of fused-ring (bicyclic) bond motifs is 2. The number of carbonyl (C=O) groups is 3. The fourth-order valence-electron chi connectivity index (χ4n) is 4.03. The summed E-state index contributed by atoms with van der Waals surface area (Å²) < 4.78 is 18.5. The molecule has 2 fully saturated rings. The Labute approximate surface area is 161 Å². The predicted molar refractivity (Wildman–Crippen MR) is 91.3 cm³/mol. The molecule has 0 aliphatic heterocycles. The van der Waals surface area contributed by atoms with Crippen LogP contribution < -0.4 is 0 Å². The standard InChI is InChI=1S/C15H20Br2O8/c1-7(18)24-5-9-10(6-25-8(2)19)14(17)12(21)11(20)13(9,16)15(14,22-3)23-4/h9-11,20H,5-6H2,1-4H3/t9-,10+,11+,13-,14+/m0/s1. The second-order valence-electron chi connectivity index (χ2n) is 6.09. The average molecular weight is 488 g/mol. The third kappa shape index (κ3) is 2.52. The Morgan fingerprint density at radius 1 is 1.04 bits per heavy atom. The minimum Gasteiger partial charge on any atom is -0.466 e. The highest BCUT2D eigenvalue weighted by Crippen LogP contribution is 2.70. The molecule has 0 spiro atoms. The topological polar surface area (TPSA) is 108 Å². The van der Waals surface area contributed by atoms with Crippen molar-refractivity contribution in [1.82, 2.24) is 0 Å². The number of ether oxygens (including phenoxy) is 4. The molecule has 25 heavy (non-hydrogen) atoms. The highest BCUT2D eigenvalue weighted by Gasteiger charge is 2.88. The second-order valence-corrected chi connectivity index (χ2v) is 8.65. The van der Waals surface area contributed by atoms with Crippen molar-refractivity contribution in [2.45, 2.75) is 34.4 Å². The van der Waals surface area contributed by atoms with Crippen molar-refractivity contribution >= 4 is 49.6 Å². The third-order valence-corrected chi connectivity index (χ3v) is 8.08. The number of Topliss-reactive ketones (excluding diaryl/α,β-unsaturated/α-hetero) is 1. The van der Waals surface area contributed by atoms with Gasteiger partial charge in [0.25, 0.3) is 0 Å². The van der Waals surface area contributed by atoms with Crippen molar-refractivity contribution in [1.29, 1.82) is 0 Å². The van der Waals surface area contributed by atoms with E-state index in [2.05, 4.69) is 31.9 Å². The maximum absolute atomic E-state index is 12.8. The van der Waals surface area contributed by atoms with Gasteiger partial charge in [-0.3, -0.25) is 14.4 Å². The van der Waals surface area contributed by atoms with E-state index in [9.17, 15) is 19.5 Å². The van der Waals surface area contributed by atoms with Crippen LogP contribution in [-0.4, -0.2) is 70.8 Å². The molecule has 0 aromatic rings. The van der Waals surface area contributed by atoms with E-state index in [1.54, 1.807) is 0 Å². The Hall–Kier alpha value is -0.550. The summed E-state index contributed by atoms with van der Waals surface area (Å²) in [6, 6.07) is 0. The van der Waals surface area contributed by atoms with Gasteiger partial charge in [-0.15, -0.1) is 0 Å². The lowest BCUT2D eigenvalue weighted by Gasteiger charge is -2.40. The molecule has 2 aliphatic rings. The molecule has 10 heteroatoms. The van der Waals surface area contributed by atoms with Crippen LogP contribution in [0.25, 0.3) is 0 Å². The Kier molecular flexibility index (Phi) is 5.71. The molecule has 2 aliphatic carbocycles. The number of ketones is 1. The van der Waals surface area contributed by atoms with E-state index in [-0.39, 0.29) is 13.2 Å². The molecule has 0 unspecified atom stereocenters. The number of aliphatic hydroxyl groups is 1. The lowest BCUT2D eigenvalue weighted by Crippen LogP contribution is -2.58. The first-order valence-corrected chi connectivity index (χ1v) is 9.10. The number of rotatable bonds is 6. The molecule has 1 N–H and O–H groups in total. The van der Waals surface area contributed by atoms with Crippen LogP contribution in [0.1, 0.15) is 13.8 Å². The normalized spacial score (nSPS) is 38.7. The summed E-state index contributed by atoms with van der Waals surface area (Å²) in [5.74, 6) is -4.53. The van der Waals surface area contributed by atoms with Gasteiger partial charge in [-0.25, -0.2) is 0 Å². The summed E-state index contributed by atoms with van der Waals surface area (Å²) in [5.41, 5.74) is 0. The number of methoxy groups -OCH3 is 2. The van der Waals surface area contributed by atoms with Gasteiger partial charge in [-0.1, -0.05) is 31.9 Å². The number of hydrogen-bond donors (Lipinski definition) is 1. The van der Waals surface area contributed by atoms with E-state index < -0.39 is 50.1 Å². The van der Waals surface area contributed by atoms with Crippen LogP contribution in [-0.2, 0) is 33.3 Å². The molecule has 2 rings (SSSR count). The van der Waals surface area contributed by atoms with Crippen LogP contribution >= 0.6 is 31.9 Å². The van der Waals surface area contributed by atoms with Crippen LogP contribution in [0.15, 0.2) is 0 Å². The van der Waals surface area contributed by atoms with Crippen LogP contribution in [0.2, 0.25) is 0 Å². The fraction of sp³-hybridized carbons (Fsp3) is 0.800. The van der Waals surface area contributed by atoms with E-state index in [0.717, 1.165) is 0 Å². The summed E-state index contributed by atoms with van der Waals surface area (Å²) in [4.78, 5) is 35.4. The molecule has 0 aromatic heterocycles. The first kappa shape index (κ1) is 20.8. The van der Waals surface area contributed by atoms with Crippen molar-refractivity contribution in [2.24, 2.45) is 11.8 Å². The Balaban J connectivity index is 2.58. The Bertz CT molecular complexity index is 592. The van der Waals surface area contributed by atoms with Gasteiger partial charge < -0.3 is 24.1 Å². The van der Waals surface area contributed by atoms with Gasteiger partial charge in [-0.2, -0.15) is 0 Å². The van der Waals surface area contributed by atoms with Crippen LogP contribution in [0, 0.1) is 11.8 Å². The zero-order valence-corrected chi connectivity index (χ0v) is 17.4. The zero-order chi connectivity index (χ0) is 19.2. The van der Waals surface area contributed by atoms with E-state index in [4.69, 9.17) is 18.9 Å². The first-order chi connectivity index (χ1) is 11.5. The maximum atomic E-state index is 12.8. The van der Waals surface area contributed by atoms with Gasteiger partial charge in [0.15, 0.2) is 5.78 Å². The summed E-state index contributed by atoms with van der Waals surface area (Å²) in [6.07, 6.45) is -1.49. The Morgan fingerprint density at radius 3 is 1.88 bits per heavy atom. The quantitative estimate of drug-likeness (QED) is 0.329. The van der Waals surface area contributed by atoms with Crippen molar-refractivity contribution in [2.75, 3.05) is 27.4 Å². The molecule has 0 saturated heterocycles. The summed E-state index contributed by atoms with van der Waals surface area (Å²) >= 11 is 6.87. The van der Waals surface area contributed by atoms with Crippen LogP contribution in [0.4, 0.5) is 0 Å². The molecule has 2 bridgehead atoms. The molecular weight excluding hydrogens is 468 g/mol. The number of carbonyl (C=O) groups excluding carboxylic acids is 3. The maximum Gasteiger partial charge on any atom is 0.302 e. The van der Waals surface area contributed by atoms with E-state index >= 15 is 0 Å². The van der Waals surface area contributed by atoms with Crippen molar-refractivity contribution < 1.29 is 38.4 Å². The summed E-state index contributed by atoms with van der Waals surface area (Å²) in [7, 11) is 2.69. The number of hydrogen-bond acceptors (Lipinski definition) is 8. The van der Waals surface area contributed by atoms with Gasteiger partial charge in [0.1, 0.15) is 14.8 Å². The Morgan fingerprint density at radius 2 is 1.48 bits per heavy atom. The molecule has 0 amide bonds. The SMILES string of the molecule is COC1(OC)[C@@]2(Br)[C@H](O)C(=O)[C@]1(Br)[C@H](COC(C)=O)[C@@H]2COC(C)=O. The lowest BCUT2D eigenvalue weighted by molar-refractivity contribution is -0.223. The molecule has 0 heterocycles. The largest absolute Gasteiger partial charge is 0.466 e. The number of alkyl halides is 2. The van der Waals surface area contributed by atoms with Crippen LogP contribution in [0.3, 0.4) is 0 Å². The fourth-order valence-corrected chi connectivity index (χ4v) is 6.91. The summed E-state index contributed by atoms with van der Waals surface area (Å²) in [5, 5.41) is 10.6. The molecule has 5 atom stereocenters. The van der Waals surface area contributed by atoms with E-state index in [1.165, 1.54) is 28.1 Å². The monoisotopic (exact) mass is 486 g/mol. The average Bonchev–Trinajstić information content (AvgIpc) is 2.79. The smallest absolute Gasteiger partial charge is 0.302 e.